The SMILES string of the molecule is COc1ccc(OC)c(C(C)C(C)CC(CN)C(=O)O)c1. The van der Waals surface area contributed by atoms with Crippen molar-refractivity contribution in [3.8, 4) is 11.5 Å². The summed E-state index contributed by atoms with van der Waals surface area (Å²) in [5.74, 6) is 0.501. The Bertz CT molecular complexity index is 475. The molecule has 5 nitrogen and oxygen atoms in total. The van der Waals surface area contributed by atoms with Crippen LogP contribution in [0.25, 0.3) is 0 Å². The van der Waals surface area contributed by atoms with Crippen LogP contribution in [0.3, 0.4) is 0 Å². The lowest BCUT2D eigenvalue weighted by atomic mass is 9.82. The molecule has 0 aliphatic heterocycles. The van der Waals surface area contributed by atoms with Gasteiger partial charge in [0.2, 0.25) is 0 Å². The van der Waals surface area contributed by atoms with Crippen LogP contribution in [-0.4, -0.2) is 31.8 Å². The number of carbonyl (C=O) groups is 1. The number of nitrogens with two attached hydrogens (primary N) is 1. The van der Waals surface area contributed by atoms with Gasteiger partial charge in [-0.15, -0.1) is 0 Å². The fraction of sp³-hybridized carbons (Fsp3) is 0.562. The van der Waals surface area contributed by atoms with E-state index in [1.54, 1.807) is 14.2 Å². The fourth-order valence-corrected chi connectivity index (χ4v) is 2.45. The van der Waals surface area contributed by atoms with Crippen LogP contribution < -0.4 is 15.2 Å². The summed E-state index contributed by atoms with van der Waals surface area (Å²) >= 11 is 0. The maximum absolute atomic E-state index is 11.1. The standard InChI is InChI=1S/C16H25NO4/c1-10(7-12(9-17)16(18)19)11(2)14-8-13(20-3)5-6-15(14)21-4/h5-6,8,10-12H,7,9,17H2,1-4H3,(H,18,19). The van der Waals surface area contributed by atoms with E-state index in [-0.39, 0.29) is 18.4 Å². The minimum atomic E-state index is -0.839. The Morgan fingerprint density at radius 3 is 2.43 bits per heavy atom. The number of carboxylic acids is 1. The van der Waals surface area contributed by atoms with E-state index in [1.165, 1.54) is 0 Å². The van der Waals surface area contributed by atoms with Crippen molar-refractivity contribution in [2.45, 2.75) is 26.2 Å². The molecule has 21 heavy (non-hydrogen) atoms. The molecule has 3 N–H and O–H groups in total. The van der Waals surface area contributed by atoms with E-state index in [0.717, 1.165) is 17.1 Å². The first-order valence-electron chi connectivity index (χ1n) is 7.09. The second kappa shape index (κ2) is 7.88. The number of hydrogen-bond donors (Lipinski definition) is 2. The van der Waals surface area contributed by atoms with Gasteiger partial charge in [0.15, 0.2) is 0 Å². The van der Waals surface area contributed by atoms with Crippen molar-refractivity contribution in [1.82, 2.24) is 0 Å². The third-order valence-electron chi connectivity index (χ3n) is 4.07. The lowest BCUT2D eigenvalue weighted by Gasteiger charge is -2.24. The fourth-order valence-electron chi connectivity index (χ4n) is 2.45. The van der Waals surface area contributed by atoms with Crippen LogP contribution in [0.2, 0.25) is 0 Å². The zero-order chi connectivity index (χ0) is 16.0. The molecular formula is C16H25NO4. The van der Waals surface area contributed by atoms with Crippen molar-refractivity contribution < 1.29 is 19.4 Å². The van der Waals surface area contributed by atoms with Gasteiger partial charge in [-0.05, 0) is 36.5 Å². The highest BCUT2D eigenvalue weighted by molar-refractivity contribution is 5.70. The molecule has 1 aromatic rings. The lowest BCUT2D eigenvalue weighted by molar-refractivity contribution is -0.142. The van der Waals surface area contributed by atoms with Gasteiger partial charge >= 0.3 is 5.97 Å². The normalized spacial score (nSPS) is 15.1. The molecule has 0 aromatic heterocycles. The molecule has 5 heteroatoms. The van der Waals surface area contributed by atoms with E-state index in [9.17, 15) is 4.79 Å². The van der Waals surface area contributed by atoms with Crippen molar-refractivity contribution in [2.24, 2.45) is 17.6 Å². The molecular weight excluding hydrogens is 270 g/mol. The maximum atomic E-state index is 11.1. The van der Waals surface area contributed by atoms with Crippen LogP contribution in [0.4, 0.5) is 0 Å². The second-order valence-electron chi connectivity index (χ2n) is 5.38. The molecule has 0 saturated carbocycles. The Kier molecular flexibility index (Phi) is 6.49. The number of benzene rings is 1. The first-order chi connectivity index (χ1) is 9.94. The van der Waals surface area contributed by atoms with Crippen LogP contribution in [0.5, 0.6) is 11.5 Å². The summed E-state index contributed by atoms with van der Waals surface area (Å²) in [7, 11) is 3.25. The van der Waals surface area contributed by atoms with Crippen molar-refractivity contribution in [1.29, 1.82) is 0 Å². The zero-order valence-corrected chi connectivity index (χ0v) is 13.1. The molecule has 1 aromatic carbocycles. The van der Waals surface area contributed by atoms with Crippen LogP contribution in [0.15, 0.2) is 18.2 Å². The van der Waals surface area contributed by atoms with Gasteiger partial charge in [-0.1, -0.05) is 13.8 Å². The summed E-state index contributed by atoms with van der Waals surface area (Å²) in [6.07, 6.45) is 0.535. The molecule has 0 radical (unpaired) electrons. The largest absolute Gasteiger partial charge is 0.497 e. The van der Waals surface area contributed by atoms with Crippen molar-refractivity contribution in [3.05, 3.63) is 23.8 Å². The Hall–Kier alpha value is -1.75. The van der Waals surface area contributed by atoms with Gasteiger partial charge in [0.05, 0.1) is 20.1 Å². The number of carboxylic acid groups (broad SMARTS) is 1. The number of aliphatic carboxylic acids is 1. The van der Waals surface area contributed by atoms with Crippen molar-refractivity contribution >= 4 is 5.97 Å². The van der Waals surface area contributed by atoms with Gasteiger partial charge in [0.1, 0.15) is 11.5 Å². The first kappa shape index (κ1) is 17.3. The van der Waals surface area contributed by atoms with Crippen LogP contribution in [-0.2, 0) is 4.79 Å². The summed E-state index contributed by atoms with van der Waals surface area (Å²) in [6, 6.07) is 5.66. The molecule has 1 rings (SSSR count). The van der Waals surface area contributed by atoms with E-state index in [0.29, 0.717) is 6.42 Å². The molecule has 0 heterocycles. The Labute approximate surface area is 126 Å². The van der Waals surface area contributed by atoms with Crippen LogP contribution >= 0.6 is 0 Å². The van der Waals surface area contributed by atoms with Gasteiger partial charge in [0, 0.05) is 12.1 Å². The average Bonchev–Trinajstić information content (AvgIpc) is 2.50. The summed E-state index contributed by atoms with van der Waals surface area (Å²) in [4.78, 5) is 11.1. The van der Waals surface area contributed by atoms with Gasteiger partial charge < -0.3 is 20.3 Å². The number of rotatable bonds is 8. The number of ether oxygens (including phenoxy) is 2. The minimum Gasteiger partial charge on any atom is -0.497 e. The topological polar surface area (TPSA) is 81.8 Å². The van der Waals surface area contributed by atoms with Gasteiger partial charge in [-0.25, -0.2) is 0 Å². The quantitative estimate of drug-likeness (QED) is 0.770. The van der Waals surface area contributed by atoms with E-state index in [4.69, 9.17) is 20.3 Å². The van der Waals surface area contributed by atoms with Crippen molar-refractivity contribution in [3.63, 3.8) is 0 Å². The number of methoxy groups -OCH3 is 2. The number of hydrogen-bond acceptors (Lipinski definition) is 4. The third-order valence-corrected chi connectivity index (χ3v) is 4.07. The highest BCUT2D eigenvalue weighted by Crippen LogP contribution is 2.36. The van der Waals surface area contributed by atoms with Gasteiger partial charge in [-0.3, -0.25) is 4.79 Å². The molecule has 0 bridgehead atoms. The van der Waals surface area contributed by atoms with Crippen LogP contribution in [0, 0.1) is 11.8 Å². The van der Waals surface area contributed by atoms with E-state index in [2.05, 4.69) is 6.92 Å². The highest BCUT2D eigenvalue weighted by Gasteiger charge is 2.25. The summed E-state index contributed by atoms with van der Waals surface area (Å²) in [5.41, 5.74) is 6.56. The summed E-state index contributed by atoms with van der Waals surface area (Å²) < 4.78 is 10.7. The zero-order valence-electron chi connectivity index (χ0n) is 13.1. The maximum Gasteiger partial charge on any atom is 0.307 e. The predicted octanol–water partition coefficient (Wildman–Crippen LogP) is 2.49. The lowest BCUT2D eigenvalue weighted by Crippen LogP contribution is -2.26. The van der Waals surface area contributed by atoms with Crippen molar-refractivity contribution in [2.75, 3.05) is 20.8 Å². The highest BCUT2D eigenvalue weighted by atomic mass is 16.5. The minimum absolute atomic E-state index is 0.142. The smallest absolute Gasteiger partial charge is 0.307 e. The molecule has 3 atom stereocenters. The predicted molar refractivity (Wildman–Crippen MR) is 81.9 cm³/mol. The van der Waals surface area contributed by atoms with Gasteiger partial charge in [-0.2, -0.15) is 0 Å². The van der Waals surface area contributed by atoms with Crippen LogP contribution in [0.1, 0.15) is 31.7 Å². The second-order valence-corrected chi connectivity index (χ2v) is 5.38. The van der Waals surface area contributed by atoms with E-state index < -0.39 is 11.9 Å². The summed E-state index contributed by atoms with van der Waals surface area (Å²) in [6.45, 7) is 4.26. The monoisotopic (exact) mass is 295 g/mol. The molecule has 118 valence electrons. The van der Waals surface area contributed by atoms with Gasteiger partial charge in [0.25, 0.3) is 0 Å². The first-order valence-corrected chi connectivity index (χ1v) is 7.09. The average molecular weight is 295 g/mol. The molecule has 0 saturated heterocycles. The Morgan fingerprint density at radius 1 is 1.29 bits per heavy atom. The molecule has 3 unspecified atom stereocenters. The molecule has 0 aliphatic carbocycles. The third kappa shape index (κ3) is 4.36. The van der Waals surface area contributed by atoms with E-state index >= 15 is 0 Å². The molecule has 0 aliphatic rings. The molecule has 0 spiro atoms. The molecule has 0 amide bonds. The Morgan fingerprint density at radius 2 is 1.95 bits per heavy atom. The summed E-state index contributed by atoms with van der Waals surface area (Å²) in [5, 5.41) is 9.13. The Balaban J connectivity index is 2.95. The van der Waals surface area contributed by atoms with E-state index in [1.807, 2.05) is 25.1 Å². The molecule has 0 fully saturated rings.